The highest BCUT2D eigenvalue weighted by atomic mass is 19.1. The van der Waals surface area contributed by atoms with Crippen molar-refractivity contribution < 1.29 is 14.0 Å². The lowest BCUT2D eigenvalue weighted by atomic mass is 9.94. The molecule has 26 heavy (non-hydrogen) atoms. The average molecular weight is 352 g/mol. The van der Waals surface area contributed by atoms with Gasteiger partial charge >= 0.3 is 0 Å². The molecule has 2 aromatic rings. The Balaban J connectivity index is 1.84. The minimum Gasteiger partial charge on any atom is -0.324 e. The van der Waals surface area contributed by atoms with Crippen LogP contribution in [0.1, 0.15) is 42.9 Å². The fraction of sp³-hybridized carbons (Fsp3) is 0.333. The number of fused-ring (bicyclic) bond motifs is 1. The second-order valence-electron chi connectivity index (χ2n) is 7.04. The van der Waals surface area contributed by atoms with Gasteiger partial charge in [0.1, 0.15) is 12.4 Å². The molecule has 4 rings (SSSR count). The highest BCUT2D eigenvalue weighted by Gasteiger charge is 2.37. The molecule has 4 nitrogen and oxygen atoms in total. The van der Waals surface area contributed by atoms with E-state index in [1.54, 1.807) is 11.0 Å². The number of hydrogen-bond acceptors (Lipinski definition) is 2. The maximum Gasteiger partial charge on any atom is 0.244 e. The molecule has 134 valence electrons. The first-order chi connectivity index (χ1) is 12.6. The SMILES string of the molecule is O=C1CN(C(=O)C2CCCC2)[C@@H](c2ccccc2)c2cc(F)ccc2N1. The highest BCUT2D eigenvalue weighted by Crippen LogP contribution is 2.38. The molecule has 5 heteroatoms. The van der Waals surface area contributed by atoms with Crippen molar-refractivity contribution in [3.05, 3.63) is 65.5 Å². The Morgan fingerprint density at radius 2 is 1.81 bits per heavy atom. The van der Waals surface area contributed by atoms with Crippen LogP contribution in [-0.2, 0) is 9.59 Å². The molecule has 1 fully saturated rings. The summed E-state index contributed by atoms with van der Waals surface area (Å²) in [5, 5.41) is 2.83. The van der Waals surface area contributed by atoms with Gasteiger partial charge in [-0.05, 0) is 36.6 Å². The summed E-state index contributed by atoms with van der Waals surface area (Å²) in [6.45, 7) is -0.0226. The van der Waals surface area contributed by atoms with Gasteiger partial charge < -0.3 is 10.2 Å². The van der Waals surface area contributed by atoms with Crippen molar-refractivity contribution in [2.45, 2.75) is 31.7 Å². The smallest absolute Gasteiger partial charge is 0.244 e. The van der Waals surface area contributed by atoms with Crippen molar-refractivity contribution >= 4 is 17.5 Å². The number of hydrogen-bond donors (Lipinski definition) is 1. The molecule has 0 aromatic heterocycles. The van der Waals surface area contributed by atoms with E-state index in [1.165, 1.54) is 12.1 Å². The van der Waals surface area contributed by atoms with Gasteiger partial charge in [-0.3, -0.25) is 9.59 Å². The Kier molecular flexibility index (Phi) is 4.45. The monoisotopic (exact) mass is 352 g/mol. The molecule has 1 aliphatic carbocycles. The summed E-state index contributed by atoms with van der Waals surface area (Å²) >= 11 is 0. The highest BCUT2D eigenvalue weighted by molar-refractivity contribution is 5.97. The molecule has 0 bridgehead atoms. The van der Waals surface area contributed by atoms with Crippen molar-refractivity contribution in [3.63, 3.8) is 0 Å². The van der Waals surface area contributed by atoms with Crippen LogP contribution in [0.5, 0.6) is 0 Å². The minimum absolute atomic E-state index is 0.0105. The predicted octanol–water partition coefficient (Wildman–Crippen LogP) is 3.89. The lowest BCUT2D eigenvalue weighted by Gasteiger charge is -2.32. The van der Waals surface area contributed by atoms with E-state index in [-0.39, 0.29) is 30.1 Å². The normalized spacial score (nSPS) is 20.4. The van der Waals surface area contributed by atoms with Gasteiger partial charge in [0.15, 0.2) is 0 Å². The van der Waals surface area contributed by atoms with Gasteiger partial charge in [0.2, 0.25) is 11.8 Å². The van der Waals surface area contributed by atoms with Crippen LogP contribution >= 0.6 is 0 Å². The Morgan fingerprint density at radius 3 is 2.54 bits per heavy atom. The van der Waals surface area contributed by atoms with Gasteiger partial charge in [0, 0.05) is 17.2 Å². The van der Waals surface area contributed by atoms with Crippen LogP contribution in [0.2, 0.25) is 0 Å². The van der Waals surface area contributed by atoms with E-state index in [0.717, 1.165) is 31.2 Å². The van der Waals surface area contributed by atoms with Crippen molar-refractivity contribution in [1.29, 1.82) is 0 Å². The largest absolute Gasteiger partial charge is 0.324 e. The molecule has 0 radical (unpaired) electrons. The van der Waals surface area contributed by atoms with Crippen molar-refractivity contribution in [2.24, 2.45) is 5.92 Å². The average Bonchev–Trinajstić information content (AvgIpc) is 3.13. The predicted molar refractivity (Wildman–Crippen MR) is 97.0 cm³/mol. The zero-order valence-electron chi connectivity index (χ0n) is 14.5. The third-order valence-electron chi connectivity index (χ3n) is 5.31. The molecule has 0 unspecified atom stereocenters. The number of anilines is 1. The Morgan fingerprint density at radius 1 is 1.08 bits per heavy atom. The quantitative estimate of drug-likeness (QED) is 0.891. The third-order valence-corrected chi connectivity index (χ3v) is 5.31. The first-order valence-electron chi connectivity index (χ1n) is 9.08. The van der Waals surface area contributed by atoms with Crippen molar-refractivity contribution in [2.75, 3.05) is 11.9 Å². The number of carbonyl (C=O) groups is 2. The fourth-order valence-electron chi connectivity index (χ4n) is 4.08. The van der Waals surface area contributed by atoms with Gasteiger partial charge in [0.05, 0.1) is 6.04 Å². The molecular weight excluding hydrogens is 331 g/mol. The number of halogens is 1. The van der Waals surface area contributed by atoms with Gasteiger partial charge in [-0.25, -0.2) is 4.39 Å². The third kappa shape index (κ3) is 3.09. The fourth-order valence-corrected chi connectivity index (χ4v) is 4.08. The van der Waals surface area contributed by atoms with E-state index >= 15 is 0 Å². The summed E-state index contributed by atoms with van der Waals surface area (Å²) in [5.74, 6) is -0.690. The van der Waals surface area contributed by atoms with Crippen molar-refractivity contribution in [3.8, 4) is 0 Å². The molecular formula is C21H21FN2O2. The maximum absolute atomic E-state index is 14.0. The van der Waals surface area contributed by atoms with E-state index in [9.17, 15) is 14.0 Å². The molecule has 2 aromatic carbocycles. The maximum atomic E-state index is 14.0. The summed E-state index contributed by atoms with van der Waals surface area (Å²) in [6.07, 6.45) is 3.79. The van der Waals surface area contributed by atoms with Gasteiger partial charge in [0.25, 0.3) is 0 Å². The number of carbonyl (C=O) groups excluding carboxylic acids is 2. The Hall–Kier alpha value is -2.69. The second-order valence-corrected chi connectivity index (χ2v) is 7.04. The lowest BCUT2D eigenvalue weighted by Crippen LogP contribution is -2.41. The molecule has 2 amide bonds. The molecule has 0 spiro atoms. The molecule has 1 saturated carbocycles. The van der Waals surface area contributed by atoms with Crippen LogP contribution in [-0.4, -0.2) is 23.3 Å². The summed E-state index contributed by atoms with van der Waals surface area (Å²) in [4.78, 5) is 27.3. The van der Waals surface area contributed by atoms with E-state index in [1.807, 2.05) is 30.3 Å². The van der Waals surface area contributed by atoms with E-state index < -0.39 is 6.04 Å². The van der Waals surface area contributed by atoms with Gasteiger partial charge in [-0.15, -0.1) is 0 Å². The second kappa shape index (κ2) is 6.90. The number of rotatable bonds is 2. The van der Waals surface area contributed by atoms with Crippen molar-refractivity contribution in [1.82, 2.24) is 4.90 Å². The van der Waals surface area contributed by atoms with E-state index in [4.69, 9.17) is 0 Å². The van der Waals surface area contributed by atoms with E-state index in [0.29, 0.717) is 11.3 Å². The minimum atomic E-state index is -0.478. The molecule has 2 aliphatic rings. The summed E-state index contributed by atoms with van der Waals surface area (Å²) in [5.41, 5.74) is 2.06. The summed E-state index contributed by atoms with van der Waals surface area (Å²) < 4.78 is 14.0. The van der Waals surface area contributed by atoms with Gasteiger partial charge in [-0.2, -0.15) is 0 Å². The summed E-state index contributed by atoms with van der Waals surface area (Å²) in [6, 6.07) is 13.4. The van der Waals surface area contributed by atoms with Crippen LogP contribution in [0.15, 0.2) is 48.5 Å². The Labute approximate surface area is 152 Å². The van der Waals surface area contributed by atoms with Crippen LogP contribution < -0.4 is 5.32 Å². The van der Waals surface area contributed by atoms with Crippen LogP contribution in [0.25, 0.3) is 0 Å². The Bertz CT molecular complexity index is 831. The van der Waals surface area contributed by atoms with E-state index in [2.05, 4.69) is 5.32 Å². The van der Waals surface area contributed by atoms with Crippen LogP contribution in [0.4, 0.5) is 10.1 Å². The zero-order valence-corrected chi connectivity index (χ0v) is 14.5. The number of nitrogens with one attached hydrogen (secondary N) is 1. The molecule has 1 N–H and O–H groups in total. The standard InChI is InChI=1S/C21H21FN2O2/c22-16-10-11-18-17(12-16)20(14-6-2-1-3-7-14)24(13-19(25)23-18)21(26)15-8-4-5-9-15/h1-3,6-7,10-12,15,20H,4-5,8-9,13H2,(H,23,25)/t20-/m0/s1. The van der Waals surface area contributed by atoms with Crippen LogP contribution in [0.3, 0.4) is 0 Å². The molecule has 1 heterocycles. The molecule has 0 saturated heterocycles. The first kappa shape index (κ1) is 16.8. The molecule has 1 atom stereocenters. The number of amides is 2. The topological polar surface area (TPSA) is 49.4 Å². The lowest BCUT2D eigenvalue weighted by molar-refractivity contribution is -0.139. The van der Waals surface area contributed by atoms with Crippen LogP contribution in [0, 0.1) is 11.7 Å². The van der Waals surface area contributed by atoms with Gasteiger partial charge in [-0.1, -0.05) is 43.2 Å². The number of benzene rings is 2. The zero-order chi connectivity index (χ0) is 18.1. The summed E-state index contributed by atoms with van der Waals surface area (Å²) in [7, 11) is 0. The first-order valence-corrected chi connectivity index (χ1v) is 9.08. The molecule has 1 aliphatic heterocycles. The number of nitrogens with zero attached hydrogens (tertiary/aromatic N) is 1.